The number of carbonyl (C=O) groups is 1. The molecule has 0 fully saturated rings. The van der Waals surface area contributed by atoms with Crippen LogP contribution in [0.3, 0.4) is 0 Å². The molecule has 6 heteroatoms. The van der Waals surface area contributed by atoms with Gasteiger partial charge in [0.05, 0.1) is 0 Å². The van der Waals surface area contributed by atoms with Crippen LogP contribution in [0.5, 0.6) is 0 Å². The summed E-state index contributed by atoms with van der Waals surface area (Å²) in [6.45, 7) is 4.05. The van der Waals surface area contributed by atoms with E-state index in [2.05, 4.69) is 15.4 Å². The fourth-order valence-corrected chi connectivity index (χ4v) is 1.59. The van der Waals surface area contributed by atoms with Gasteiger partial charge in [-0.25, -0.2) is 9.67 Å². The molecule has 0 aliphatic rings. The molecule has 0 radical (unpaired) electrons. The zero-order chi connectivity index (χ0) is 13.8. The van der Waals surface area contributed by atoms with Gasteiger partial charge in [-0.1, -0.05) is 6.07 Å². The highest BCUT2D eigenvalue weighted by atomic mass is 16.2. The van der Waals surface area contributed by atoms with Gasteiger partial charge in [0.1, 0.15) is 11.5 Å². The van der Waals surface area contributed by atoms with Gasteiger partial charge in [0.15, 0.2) is 0 Å². The normalized spacial score (nSPS) is 10.2. The molecule has 0 atom stereocenters. The Morgan fingerprint density at radius 1 is 1.32 bits per heavy atom. The molecular formula is C13H14N4O2. The summed E-state index contributed by atoms with van der Waals surface area (Å²) in [7, 11) is 0. The Hall–Kier alpha value is -2.50. The number of aromatic nitrogens is 3. The van der Waals surface area contributed by atoms with Crippen LogP contribution < -0.4 is 10.9 Å². The summed E-state index contributed by atoms with van der Waals surface area (Å²) in [6, 6.07) is 8.07. The summed E-state index contributed by atoms with van der Waals surface area (Å²) < 4.78 is 1.23. The third-order valence-corrected chi connectivity index (χ3v) is 2.53. The van der Waals surface area contributed by atoms with E-state index in [0.29, 0.717) is 12.4 Å². The molecule has 0 saturated heterocycles. The van der Waals surface area contributed by atoms with Gasteiger partial charge in [-0.2, -0.15) is 5.10 Å². The molecule has 2 aromatic heterocycles. The largest absolute Gasteiger partial charge is 0.305 e. The van der Waals surface area contributed by atoms with E-state index in [1.165, 1.54) is 16.8 Å². The number of aryl methyl sites for hydroxylation is 2. The molecule has 1 N–H and O–H groups in total. The quantitative estimate of drug-likeness (QED) is 0.898. The molecule has 0 aliphatic heterocycles. The summed E-state index contributed by atoms with van der Waals surface area (Å²) in [4.78, 5) is 27.5. The number of hydrogen-bond acceptors (Lipinski definition) is 4. The van der Waals surface area contributed by atoms with E-state index in [0.717, 1.165) is 5.69 Å². The Kier molecular flexibility index (Phi) is 3.70. The summed E-state index contributed by atoms with van der Waals surface area (Å²) >= 11 is 0. The number of anilines is 1. The van der Waals surface area contributed by atoms with Crippen molar-refractivity contribution in [3.8, 4) is 0 Å². The van der Waals surface area contributed by atoms with Crippen LogP contribution >= 0.6 is 0 Å². The monoisotopic (exact) mass is 258 g/mol. The number of carbonyl (C=O) groups excluding carboxylic acids is 1. The molecule has 0 bridgehead atoms. The summed E-state index contributed by atoms with van der Waals surface area (Å²) in [5.41, 5.74) is 0.766. The lowest BCUT2D eigenvalue weighted by Gasteiger charge is -2.06. The molecular weight excluding hydrogens is 244 g/mol. The predicted octanol–water partition coefficient (Wildman–Crippen LogP) is 1.22. The molecule has 0 saturated carbocycles. The highest BCUT2D eigenvalue weighted by Gasteiger charge is 2.10. The van der Waals surface area contributed by atoms with Crippen molar-refractivity contribution in [3.63, 3.8) is 0 Å². The average Bonchev–Trinajstić information content (AvgIpc) is 2.39. The van der Waals surface area contributed by atoms with Gasteiger partial charge in [-0.05, 0) is 32.0 Å². The zero-order valence-corrected chi connectivity index (χ0v) is 10.8. The van der Waals surface area contributed by atoms with Crippen molar-refractivity contribution in [1.82, 2.24) is 14.8 Å². The fourth-order valence-electron chi connectivity index (χ4n) is 1.59. The van der Waals surface area contributed by atoms with Crippen LogP contribution in [0.15, 0.2) is 35.1 Å². The minimum absolute atomic E-state index is 0.185. The van der Waals surface area contributed by atoms with E-state index in [4.69, 9.17) is 0 Å². The molecule has 2 aromatic rings. The molecule has 19 heavy (non-hydrogen) atoms. The Labute approximate surface area is 110 Å². The first kappa shape index (κ1) is 12.9. The number of nitrogens with zero attached hydrogens (tertiary/aromatic N) is 3. The van der Waals surface area contributed by atoms with Crippen molar-refractivity contribution >= 4 is 11.7 Å². The lowest BCUT2D eigenvalue weighted by molar-refractivity contribution is 0.101. The van der Waals surface area contributed by atoms with Crippen molar-refractivity contribution in [1.29, 1.82) is 0 Å². The van der Waals surface area contributed by atoms with Crippen molar-refractivity contribution in [2.24, 2.45) is 0 Å². The molecule has 2 rings (SSSR count). The molecule has 98 valence electrons. The van der Waals surface area contributed by atoms with Crippen molar-refractivity contribution in [2.75, 3.05) is 5.32 Å². The van der Waals surface area contributed by atoms with Crippen LogP contribution in [-0.2, 0) is 6.54 Å². The van der Waals surface area contributed by atoms with Gasteiger partial charge < -0.3 is 5.32 Å². The predicted molar refractivity (Wildman–Crippen MR) is 71.1 cm³/mol. The molecule has 0 spiro atoms. The maximum absolute atomic E-state index is 12.0. The minimum Gasteiger partial charge on any atom is -0.305 e. The number of nitrogens with one attached hydrogen (secondary N) is 1. The first-order valence-corrected chi connectivity index (χ1v) is 5.93. The molecule has 2 heterocycles. The van der Waals surface area contributed by atoms with Gasteiger partial charge in [-0.15, -0.1) is 0 Å². The van der Waals surface area contributed by atoms with E-state index in [1.807, 2.05) is 13.0 Å². The van der Waals surface area contributed by atoms with Crippen LogP contribution in [0.4, 0.5) is 5.82 Å². The van der Waals surface area contributed by atoms with Gasteiger partial charge in [0.25, 0.3) is 11.5 Å². The maximum atomic E-state index is 12.0. The van der Waals surface area contributed by atoms with Crippen LogP contribution in [0.1, 0.15) is 23.1 Å². The Morgan fingerprint density at radius 2 is 2.11 bits per heavy atom. The van der Waals surface area contributed by atoms with Crippen molar-refractivity contribution in [2.45, 2.75) is 20.4 Å². The van der Waals surface area contributed by atoms with Crippen molar-refractivity contribution in [3.05, 3.63) is 52.1 Å². The summed E-state index contributed by atoms with van der Waals surface area (Å²) in [5.74, 6) is 0.0707. The second kappa shape index (κ2) is 5.43. The summed E-state index contributed by atoms with van der Waals surface area (Å²) in [6.07, 6.45) is 0. The second-order valence-corrected chi connectivity index (χ2v) is 3.99. The third-order valence-electron chi connectivity index (χ3n) is 2.53. The standard InChI is InChI=1S/C13H14N4O2/c1-3-17-12(18)8-7-10(16-17)13(19)15-11-6-4-5-9(2)14-11/h4-8H,3H2,1-2H3,(H,14,15,19). The molecule has 0 aromatic carbocycles. The first-order valence-electron chi connectivity index (χ1n) is 5.93. The molecule has 0 aliphatic carbocycles. The van der Waals surface area contributed by atoms with Gasteiger partial charge in [0, 0.05) is 18.3 Å². The fraction of sp³-hybridized carbons (Fsp3) is 0.231. The van der Waals surface area contributed by atoms with Crippen LogP contribution in [0.2, 0.25) is 0 Å². The Balaban J connectivity index is 2.23. The SMILES string of the molecule is CCn1nc(C(=O)Nc2cccc(C)n2)ccc1=O. The maximum Gasteiger partial charge on any atom is 0.277 e. The van der Waals surface area contributed by atoms with E-state index in [9.17, 15) is 9.59 Å². The zero-order valence-electron chi connectivity index (χ0n) is 10.8. The highest BCUT2D eigenvalue weighted by Crippen LogP contribution is 2.05. The number of hydrogen-bond donors (Lipinski definition) is 1. The first-order chi connectivity index (χ1) is 9.10. The Bertz CT molecular complexity index is 664. The van der Waals surface area contributed by atoms with Gasteiger partial charge in [-0.3, -0.25) is 9.59 Å². The highest BCUT2D eigenvalue weighted by molar-refractivity contribution is 6.02. The van der Waals surface area contributed by atoms with Crippen LogP contribution in [-0.4, -0.2) is 20.7 Å². The van der Waals surface area contributed by atoms with Crippen LogP contribution in [0, 0.1) is 6.92 Å². The van der Waals surface area contributed by atoms with E-state index in [-0.39, 0.29) is 17.2 Å². The van der Waals surface area contributed by atoms with E-state index in [1.54, 1.807) is 19.1 Å². The lowest BCUT2D eigenvalue weighted by atomic mass is 10.3. The smallest absolute Gasteiger partial charge is 0.277 e. The number of pyridine rings is 1. The lowest BCUT2D eigenvalue weighted by Crippen LogP contribution is -2.25. The molecule has 0 unspecified atom stereocenters. The Morgan fingerprint density at radius 3 is 2.79 bits per heavy atom. The van der Waals surface area contributed by atoms with E-state index < -0.39 is 0 Å². The van der Waals surface area contributed by atoms with Crippen LogP contribution in [0.25, 0.3) is 0 Å². The minimum atomic E-state index is -0.389. The van der Waals surface area contributed by atoms with Crippen molar-refractivity contribution < 1.29 is 4.79 Å². The third kappa shape index (κ3) is 3.04. The summed E-state index contributed by atoms with van der Waals surface area (Å²) in [5, 5.41) is 6.62. The number of rotatable bonds is 3. The average molecular weight is 258 g/mol. The second-order valence-electron chi connectivity index (χ2n) is 3.99. The van der Waals surface area contributed by atoms with E-state index >= 15 is 0 Å². The number of amides is 1. The topological polar surface area (TPSA) is 76.9 Å². The van der Waals surface area contributed by atoms with Gasteiger partial charge >= 0.3 is 0 Å². The molecule has 6 nitrogen and oxygen atoms in total. The molecule has 1 amide bonds. The van der Waals surface area contributed by atoms with Gasteiger partial charge in [0.2, 0.25) is 0 Å².